The molecule has 0 saturated carbocycles. The van der Waals surface area contributed by atoms with Crippen molar-refractivity contribution in [1.82, 2.24) is 4.31 Å². The lowest BCUT2D eigenvalue weighted by Gasteiger charge is -2.33. The Bertz CT molecular complexity index is 648. The normalized spacial score (nSPS) is 19.0. The van der Waals surface area contributed by atoms with Crippen molar-refractivity contribution in [3.05, 3.63) is 29.8 Å². The van der Waals surface area contributed by atoms with E-state index in [1.807, 2.05) is 12.1 Å². The Morgan fingerprint density at radius 1 is 1.13 bits per heavy atom. The van der Waals surface area contributed by atoms with Crippen LogP contribution in [0.4, 0.5) is 0 Å². The summed E-state index contributed by atoms with van der Waals surface area (Å²) in [6.07, 6.45) is 0. The first kappa shape index (κ1) is 17.9. The number of carbonyl (C=O) groups is 1. The Labute approximate surface area is 138 Å². The molecule has 1 aromatic rings. The number of amides is 1. The van der Waals surface area contributed by atoms with Crippen molar-refractivity contribution in [3.8, 4) is 0 Å². The molecule has 1 amide bonds. The predicted molar refractivity (Wildman–Crippen MR) is 88.6 cm³/mol. The highest BCUT2D eigenvalue weighted by Gasteiger charge is 2.33. The number of nitrogens with two attached hydrogens (primary N) is 1. The molecule has 0 unspecified atom stereocenters. The fraction of sp³-hybridized carbons (Fsp3) is 0.562. The van der Waals surface area contributed by atoms with Gasteiger partial charge in [0.15, 0.2) is 6.04 Å². The lowest BCUT2D eigenvalue weighted by molar-refractivity contribution is -0.917. The second kappa shape index (κ2) is 6.98. The molecule has 6 nitrogen and oxygen atoms in total. The van der Waals surface area contributed by atoms with Gasteiger partial charge in [-0.2, -0.15) is 4.31 Å². The van der Waals surface area contributed by atoms with Crippen LogP contribution in [-0.2, 0) is 14.8 Å². The zero-order chi connectivity index (χ0) is 17.2. The zero-order valence-electron chi connectivity index (χ0n) is 14.0. The molecular formula is C16H26N3O3S+. The Balaban J connectivity index is 2.08. The van der Waals surface area contributed by atoms with Gasteiger partial charge in [0.2, 0.25) is 10.0 Å². The number of hydrogen-bond donors (Lipinski definition) is 2. The molecule has 0 aliphatic carbocycles. The van der Waals surface area contributed by atoms with E-state index in [4.69, 9.17) is 5.73 Å². The molecular weight excluding hydrogens is 314 g/mol. The van der Waals surface area contributed by atoms with Gasteiger partial charge in [-0.1, -0.05) is 26.0 Å². The summed E-state index contributed by atoms with van der Waals surface area (Å²) in [7, 11) is -3.47. The number of quaternary nitrogens is 1. The minimum atomic E-state index is -3.47. The van der Waals surface area contributed by atoms with Crippen molar-refractivity contribution in [2.24, 2.45) is 5.73 Å². The van der Waals surface area contributed by atoms with Crippen LogP contribution in [0, 0.1) is 0 Å². The molecule has 1 saturated heterocycles. The third-order valence-corrected chi connectivity index (χ3v) is 6.50. The number of sulfonamides is 1. The van der Waals surface area contributed by atoms with Crippen molar-refractivity contribution in [3.63, 3.8) is 0 Å². The van der Waals surface area contributed by atoms with Crippen molar-refractivity contribution < 1.29 is 18.1 Å². The highest BCUT2D eigenvalue weighted by Crippen LogP contribution is 2.20. The smallest absolute Gasteiger partial charge is 0.275 e. The molecule has 128 valence electrons. The van der Waals surface area contributed by atoms with E-state index < -0.39 is 10.0 Å². The predicted octanol–water partition coefficient (Wildman–Crippen LogP) is -0.427. The maximum absolute atomic E-state index is 12.7. The summed E-state index contributed by atoms with van der Waals surface area (Å²) in [6, 6.07) is 6.80. The molecule has 1 fully saturated rings. The molecule has 1 aromatic carbocycles. The van der Waals surface area contributed by atoms with Gasteiger partial charge in [-0.3, -0.25) is 4.79 Å². The number of primary amides is 1. The number of hydrogen-bond acceptors (Lipinski definition) is 3. The monoisotopic (exact) mass is 340 g/mol. The number of nitrogens with one attached hydrogen (secondary N) is 1. The molecule has 1 atom stereocenters. The molecule has 0 radical (unpaired) electrons. The SMILES string of the molecule is CC(C)c1ccc(S(=O)(=O)N2CC[NH+]([C@@H](C)C(N)=O)CC2)cc1. The molecule has 2 rings (SSSR count). The second-order valence-electron chi connectivity index (χ2n) is 6.41. The molecule has 7 heteroatoms. The number of nitrogens with zero attached hydrogens (tertiary/aromatic N) is 1. The third-order valence-electron chi connectivity index (χ3n) is 4.59. The standard InChI is InChI=1S/C16H25N3O3S/c1-12(2)14-4-6-15(7-5-14)23(21,22)19-10-8-18(9-11-19)13(3)16(17)20/h4-7,12-13H,8-11H2,1-3H3,(H2,17,20)/p+1/t13-/m0/s1. The molecule has 0 bridgehead atoms. The largest absolute Gasteiger partial charge is 0.365 e. The van der Waals surface area contributed by atoms with E-state index in [1.165, 1.54) is 4.31 Å². The van der Waals surface area contributed by atoms with Crippen LogP contribution in [0.1, 0.15) is 32.3 Å². The van der Waals surface area contributed by atoms with E-state index in [0.29, 0.717) is 37.0 Å². The van der Waals surface area contributed by atoms with Crippen molar-refractivity contribution in [1.29, 1.82) is 0 Å². The van der Waals surface area contributed by atoms with Crippen LogP contribution in [0.5, 0.6) is 0 Å². The lowest BCUT2D eigenvalue weighted by Crippen LogP contribution is -3.19. The van der Waals surface area contributed by atoms with Gasteiger partial charge in [0.05, 0.1) is 31.1 Å². The van der Waals surface area contributed by atoms with E-state index in [9.17, 15) is 13.2 Å². The summed E-state index contributed by atoms with van der Waals surface area (Å²) >= 11 is 0. The van der Waals surface area contributed by atoms with E-state index in [2.05, 4.69) is 13.8 Å². The molecule has 23 heavy (non-hydrogen) atoms. The second-order valence-corrected chi connectivity index (χ2v) is 8.35. The Hall–Kier alpha value is -1.44. The fourth-order valence-electron chi connectivity index (χ4n) is 2.82. The van der Waals surface area contributed by atoms with Gasteiger partial charge in [0.25, 0.3) is 5.91 Å². The van der Waals surface area contributed by atoms with Gasteiger partial charge in [-0.25, -0.2) is 8.42 Å². The van der Waals surface area contributed by atoms with Crippen LogP contribution in [0.15, 0.2) is 29.2 Å². The van der Waals surface area contributed by atoms with E-state index in [0.717, 1.165) is 10.5 Å². The topological polar surface area (TPSA) is 84.9 Å². The van der Waals surface area contributed by atoms with Crippen LogP contribution < -0.4 is 10.6 Å². The molecule has 0 spiro atoms. The Morgan fingerprint density at radius 2 is 1.65 bits per heavy atom. The van der Waals surface area contributed by atoms with Gasteiger partial charge in [0, 0.05) is 0 Å². The molecule has 1 aliphatic heterocycles. The van der Waals surface area contributed by atoms with Crippen LogP contribution in [-0.4, -0.2) is 50.9 Å². The maximum atomic E-state index is 12.7. The Morgan fingerprint density at radius 3 is 2.09 bits per heavy atom. The van der Waals surface area contributed by atoms with Gasteiger partial charge in [-0.15, -0.1) is 0 Å². The highest BCUT2D eigenvalue weighted by atomic mass is 32.2. The molecule has 1 heterocycles. The first-order valence-electron chi connectivity index (χ1n) is 7.97. The third kappa shape index (κ3) is 3.91. The van der Waals surface area contributed by atoms with Gasteiger partial charge in [0.1, 0.15) is 0 Å². The first-order valence-corrected chi connectivity index (χ1v) is 9.41. The first-order chi connectivity index (χ1) is 10.7. The van der Waals surface area contributed by atoms with Gasteiger partial charge >= 0.3 is 0 Å². The fourth-order valence-corrected chi connectivity index (χ4v) is 4.26. The van der Waals surface area contributed by atoms with Crippen molar-refractivity contribution in [2.45, 2.75) is 37.6 Å². The number of carbonyl (C=O) groups excluding carboxylic acids is 1. The molecule has 0 aromatic heterocycles. The molecule has 1 aliphatic rings. The quantitative estimate of drug-likeness (QED) is 0.763. The number of benzene rings is 1. The summed E-state index contributed by atoms with van der Waals surface area (Å²) < 4.78 is 26.9. The number of rotatable bonds is 5. The minimum Gasteiger partial charge on any atom is -0.365 e. The highest BCUT2D eigenvalue weighted by molar-refractivity contribution is 7.89. The zero-order valence-corrected chi connectivity index (χ0v) is 14.8. The minimum absolute atomic E-state index is 0.287. The van der Waals surface area contributed by atoms with Crippen molar-refractivity contribution >= 4 is 15.9 Å². The summed E-state index contributed by atoms with van der Waals surface area (Å²) in [6.45, 7) is 7.92. The number of piperazine rings is 1. The summed E-state index contributed by atoms with van der Waals surface area (Å²) in [4.78, 5) is 12.6. The van der Waals surface area contributed by atoms with Gasteiger partial charge in [-0.05, 0) is 30.5 Å². The summed E-state index contributed by atoms with van der Waals surface area (Å²) in [5.41, 5.74) is 6.44. The van der Waals surface area contributed by atoms with E-state index in [1.54, 1.807) is 19.1 Å². The van der Waals surface area contributed by atoms with Crippen molar-refractivity contribution in [2.75, 3.05) is 26.2 Å². The van der Waals surface area contributed by atoms with E-state index in [-0.39, 0.29) is 11.9 Å². The van der Waals surface area contributed by atoms with Crippen LogP contribution >= 0.6 is 0 Å². The van der Waals surface area contributed by atoms with Gasteiger partial charge < -0.3 is 10.6 Å². The van der Waals surface area contributed by atoms with Crippen LogP contribution in [0.25, 0.3) is 0 Å². The lowest BCUT2D eigenvalue weighted by atomic mass is 10.0. The summed E-state index contributed by atoms with van der Waals surface area (Å²) in [5.74, 6) is 0.0229. The molecule has 3 N–H and O–H groups in total. The van der Waals surface area contributed by atoms with Crippen LogP contribution in [0.2, 0.25) is 0 Å². The maximum Gasteiger partial charge on any atom is 0.275 e. The average Bonchev–Trinajstić information content (AvgIpc) is 2.54. The Kier molecular flexibility index (Phi) is 5.44. The van der Waals surface area contributed by atoms with E-state index >= 15 is 0 Å². The average molecular weight is 340 g/mol. The summed E-state index contributed by atoms with van der Waals surface area (Å²) in [5, 5.41) is 0. The van der Waals surface area contributed by atoms with Crippen LogP contribution in [0.3, 0.4) is 0 Å².